The maximum absolute atomic E-state index is 12.8. The fraction of sp³-hybridized carbons (Fsp3) is 0.333. The van der Waals surface area contributed by atoms with Gasteiger partial charge in [-0.05, 0) is 24.3 Å². The molecular weight excluding hydrogens is 345 g/mol. The van der Waals surface area contributed by atoms with E-state index in [1.54, 1.807) is 4.90 Å². The van der Waals surface area contributed by atoms with E-state index in [-0.39, 0.29) is 29.7 Å². The van der Waals surface area contributed by atoms with Gasteiger partial charge in [0.2, 0.25) is 0 Å². The minimum absolute atomic E-state index is 0. The summed E-state index contributed by atoms with van der Waals surface area (Å²) in [5, 5.41) is 7.26. The first-order valence-electron chi connectivity index (χ1n) is 7.18. The van der Waals surface area contributed by atoms with Crippen LogP contribution >= 0.6 is 12.4 Å². The summed E-state index contributed by atoms with van der Waals surface area (Å²) in [7, 11) is 0. The molecule has 1 aromatic heterocycles. The lowest BCUT2D eigenvalue weighted by molar-refractivity contribution is -0.137. The number of nitrogens with zero attached hydrogens (tertiary/aromatic N) is 3. The molecule has 1 saturated heterocycles. The third kappa shape index (κ3) is 3.88. The minimum Gasteiger partial charge on any atom is -0.335 e. The number of piperazine rings is 1. The van der Waals surface area contributed by atoms with E-state index in [1.165, 1.54) is 29.1 Å². The molecule has 1 aliphatic rings. The quantitative estimate of drug-likeness (QED) is 0.894. The Bertz CT molecular complexity index is 711. The lowest BCUT2D eigenvalue weighted by atomic mass is 10.2. The fourth-order valence-electron chi connectivity index (χ4n) is 2.44. The first-order chi connectivity index (χ1) is 10.9. The Labute approximate surface area is 142 Å². The molecule has 2 aromatic rings. The largest absolute Gasteiger partial charge is 0.416 e. The van der Waals surface area contributed by atoms with E-state index in [1.807, 2.05) is 0 Å². The summed E-state index contributed by atoms with van der Waals surface area (Å²) in [4.78, 5) is 14.0. The van der Waals surface area contributed by atoms with Crippen LogP contribution in [0.1, 0.15) is 16.1 Å². The fourth-order valence-corrected chi connectivity index (χ4v) is 2.44. The molecule has 1 aliphatic heterocycles. The van der Waals surface area contributed by atoms with Crippen LogP contribution in [0.4, 0.5) is 13.2 Å². The second-order valence-corrected chi connectivity index (χ2v) is 5.24. The minimum atomic E-state index is -4.41. The monoisotopic (exact) mass is 360 g/mol. The maximum atomic E-state index is 12.8. The number of alkyl halides is 3. The van der Waals surface area contributed by atoms with Crippen LogP contribution in [0.25, 0.3) is 5.69 Å². The van der Waals surface area contributed by atoms with Crippen molar-refractivity contribution in [2.45, 2.75) is 6.18 Å². The summed E-state index contributed by atoms with van der Waals surface area (Å²) in [6.07, 6.45) is -2.92. The Balaban J connectivity index is 0.00000208. The molecule has 9 heteroatoms. The molecule has 5 nitrogen and oxygen atoms in total. The van der Waals surface area contributed by atoms with Crippen molar-refractivity contribution in [3.63, 3.8) is 0 Å². The second kappa shape index (κ2) is 7.23. The van der Waals surface area contributed by atoms with Crippen molar-refractivity contribution in [1.29, 1.82) is 0 Å². The van der Waals surface area contributed by atoms with Gasteiger partial charge in [-0.25, -0.2) is 4.68 Å². The van der Waals surface area contributed by atoms with Crippen molar-refractivity contribution in [3.05, 3.63) is 47.8 Å². The van der Waals surface area contributed by atoms with Gasteiger partial charge in [-0.15, -0.1) is 12.4 Å². The van der Waals surface area contributed by atoms with Crippen LogP contribution < -0.4 is 5.32 Å². The van der Waals surface area contributed by atoms with Gasteiger partial charge in [0.1, 0.15) is 0 Å². The second-order valence-electron chi connectivity index (χ2n) is 5.24. The third-order valence-corrected chi connectivity index (χ3v) is 3.65. The Hall–Kier alpha value is -2.06. The van der Waals surface area contributed by atoms with E-state index in [2.05, 4.69) is 10.4 Å². The Morgan fingerprint density at radius 1 is 1.17 bits per heavy atom. The summed E-state index contributed by atoms with van der Waals surface area (Å²) in [6, 6.07) is 6.36. The van der Waals surface area contributed by atoms with E-state index in [0.29, 0.717) is 13.1 Å². The van der Waals surface area contributed by atoms with Crippen molar-refractivity contribution in [2.75, 3.05) is 26.2 Å². The van der Waals surface area contributed by atoms with E-state index < -0.39 is 11.7 Å². The van der Waals surface area contributed by atoms with E-state index in [0.717, 1.165) is 25.2 Å². The molecule has 0 bridgehead atoms. The first kappa shape index (κ1) is 18.3. The topological polar surface area (TPSA) is 50.2 Å². The molecule has 130 valence electrons. The molecule has 0 atom stereocenters. The zero-order chi connectivity index (χ0) is 16.4. The number of carbonyl (C=O) groups excluding carboxylic acids is 1. The molecule has 2 heterocycles. The van der Waals surface area contributed by atoms with Crippen LogP contribution in [0.3, 0.4) is 0 Å². The summed E-state index contributed by atoms with van der Waals surface area (Å²) < 4.78 is 39.6. The van der Waals surface area contributed by atoms with Crippen LogP contribution in [0, 0.1) is 0 Å². The molecule has 1 aromatic carbocycles. The van der Waals surface area contributed by atoms with Crippen LogP contribution in [-0.4, -0.2) is 46.8 Å². The summed E-state index contributed by atoms with van der Waals surface area (Å²) in [5.41, 5.74) is -0.260. The van der Waals surface area contributed by atoms with Gasteiger partial charge in [-0.3, -0.25) is 4.79 Å². The molecule has 0 radical (unpaired) electrons. The van der Waals surface area contributed by atoms with Crippen molar-refractivity contribution < 1.29 is 18.0 Å². The van der Waals surface area contributed by atoms with Gasteiger partial charge in [0.15, 0.2) is 5.69 Å². The van der Waals surface area contributed by atoms with Crippen molar-refractivity contribution in [2.24, 2.45) is 0 Å². The number of carbonyl (C=O) groups is 1. The molecule has 1 fully saturated rings. The lowest BCUT2D eigenvalue weighted by Gasteiger charge is -2.26. The molecule has 1 N–H and O–H groups in total. The molecule has 0 aliphatic carbocycles. The number of nitrogens with one attached hydrogen (secondary N) is 1. The van der Waals surface area contributed by atoms with Gasteiger partial charge in [0.25, 0.3) is 5.91 Å². The van der Waals surface area contributed by atoms with Crippen LogP contribution in [0.2, 0.25) is 0 Å². The van der Waals surface area contributed by atoms with Gasteiger partial charge in [-0.2, -0.15) is 18.3 Å². The summed E-state index contributed by atoms with van der Waals surface area (Å²) in [5.74, 6) is -0.211. The standard InChI is InChI=1S/C15H15F3N4O.ClH/c16-15(17,18)11-2-1-3-12(10-11)22-7-4-13(20-22)14(23)21-8-5-19-6-9-21;/h1-4,7,10,19H,5-6,8-9H2;1H. The van der Waals surface area contributed by atoms with Crippen LogP contribution in [0.5, 0.6) is 0 Å². The van der Waals surface area contributed by atoms with Crippen molar-refractivity contribution in [3.8, 4) is 5.69 Å². The highest BCUT2D eigenvalue weighted by Gasteiger charge is 2.30. The molecule has 0 spiro atoms. The first-order valence-corrected chi connectivity index (χ1v) is 7.18. The zero-order valence-corrected chi connectivity index (χ0v) is 13.4. The van der Waals surface area contributed by atoms with E-state index in [9.17, 15) is 18.0 Å². The average molecular weight is 361 g/mol. The predicted molar refractivity (Wildman–Crippen MR) is 84.6 cm³/mol. The Morgan fingerprint density at radius 3 is 2.54 bits per heavy atom. The maximum Gasteiger partial charge on any atom is 0.416 e. The van der Waals surface area contributed by atoms with E-state index >= 15 is 0 Å². The van der Waals surface area contributed by atoms with Gasteiger partial charge >= 0.3 is 6.18 Å². The number of rotatable bonds is 2. The number of aromatic nitrogens is 2. The molecule has 3 rings (SSSR count). The molecule has 1 amide bonds. The normalized spacial score (nSPS) is 15.0. The highest BCUT2D eigenvalue weighted by atomic mass is 35.5. The highest BCUT2D eigenvalue weighted by molar-refractivity contribution is 5.92. The third-order valence-electron chi connectivity index (χ3n) is 3.65. The van der Waals surface area contributed by atoms with Gasteiger partial charge < -0.3 is 10.2 Å². The summed E-state index contributed by atoms with van der Waals surface area (Å²) in [6.45, 7) is 2.63. The number of hydrogen-bond donors (Lipinski definition) is 1. The molecule has 24 heavy (non-hydrogen) atoms. The molecule has 0 unspecified atom stereocenters. The lowest BCUT2D eigenvalue weighted by Crippen LogP contribution is -2.46. The van der Waals surface area contributed by atoms with Crippen LogP contribution in [-0.2, 0) is 6.18 Å². The van der Waals surface area contributed by atoms with Gasteiger partial charge in [0, 0.05) is 32.4 Å². The van der Waals surface area contributed by atoms with Crippen molar-refractivity contribution >= 4 is 18.3 Å². The van der Waals surface area contributed by atoms with E-state index in [4.69, 9.17) is 0 Å². The average Bonchev–Trinajstić information content (AvgIpc) is 3.04. The zero-order valence-electron chi connectivity index (χ0n) is 12.6. The van der Waals surface area contributed by atoms with Crippen LogP contribution in [0.15, 0.2) is 36.5 Å². The SMILES string of the molecule is Cl.O=C(c1ccn(-c2cccc(C(F)(F)F)c2)n1)N1CCNCC1. The summed E-state index contributed by atoms with van der Waals surface area (Å²) >= 11 is 0. The smallest absolute Gasteiger partial charge is 0.335 e. The Kier molecular flexibility index (Phi) is 5.51. The van der Waals surface area contributed by atoms with Gasteiger partial charge in [0.05, 0.1) is 11.3 Å². The highest BCUT2D eigenvalue weighted by Crippen LogP contribution is 2.30. The number of amides is 1. The predicted octanol–water partition coefficient (Wildman–Crippen LogP) is 2.36. The molecule has 0 saturated carbocycles. The number of benzene rings is 1. The van der Waals surface area contributed by atoms with Gasteiger partial charge in [-0.1, -0.05) is 6.07 Å². The number of hydrogen-bond acceptors (Lipinski definition) is 3. The molecular formula is C15H16ClF3N4O. The van der Waals surface area contributed by atoms with Crippen molar-refractivity contribution in [1.82, 2.24) is 20.0 Å². The number of halogens is 4. The Morgan fingerprint density at radius 2 is 1.88 bits per heavy atom.